The van der Waals surface area contributed by atoms with Crippen molar-refractivity contribution >= 4 is 12.1 Å². The zero-order chi connectivity index (χ0) is 16.7. The molecule has 2 unspecified atom stereocenters. The van der Waals surface area contributed by atoms with Crippen LogP contribution in [0, 0.1) is 0 Å². The molecule has 1 aromatic rings. The first kappa shape index (κ1) is 17.0. The van der Waals surface area contributed by atoms with Gasteiger partial charge in [0.1, 0.15) is 6.10 Å². The minimum atomic E-state index is -1.31. The Hall–Kier alpha value is -2.34. The molecule has 6 heteroatoms. The first-order chi connectivity index (χ1) is 11.1. The minimum absolute atomic E-state index is 0.316. The summed E-state index contributed by atoms with van der Waals surface area (Å²) in [6, 6.07) is 6.83. The number of allylic oxidation sites excluding steroid dienone is 1. The number of carboxylic acid groups (broad SMARTS) is 1. The average Bonchev–Trinajstić information content (AvgIpc) is 2.49. The molecule has 0 radical (unpaired) electrons. The van der Waals surface area contributed by atoms with Crippen molar-refractivity contribution in [2.24, 2.45) is 5.73 Å². The van der Waals surface area contributed by atoms with Gasteiger partial charge >= 0.3 is 6.16 Å². The number of carbonyl (C=O) groups excluding carboxylic acids is 1. The molecule has 6 nitrogen and oxygen atoms in total. The fourth-order valence-electron chi connectivity index (χ4n) is 2.50. The van der Waals surface area contributed by atoms with Gasteiger partial charge in [0.05, 0.1) is 12.7 Å². The van der Waals surface area contributed by atoms with Crippen molar-refractivity contribution in [1.29, 1.82) is 0 Å². The summed E-state index contributed by atoms with van der Waals surface area (Å²) in [5, 5.41) is 8.86. The van der Waals surface area contributed by atoms with Gasteiger partial charge in [0.25, 0.3) is 0 Å². The zero-order valence-corrected chi connectivity index (χ0v) is 12.8. The van der Waals surface area contributed by atoms with Crippen LogP contribution in [-0.2, 0) is 16.1 Å². The molecule has 2 rings (SSSR count). The summed E-state index contributed by atoms with van der Waals surface area (Å²) in [5.74, 6) is -0.474. The summed E-state index contributed by atoms with van der Waals surface area (Å²) in [4.78, 5) is 21.9. The first-order valence-electron chi connectivity index (χ1n) is 7.63. The van der Waals surface area contributed by atoms with E-state index in [1.807, 2.05) is 6.08 Å². The predicted molar refractivity (Wildman–Crippen MR) is 84.0 cm³/mol. The fourth-order valence-corrected chi connectivity index (χ4v) is 2.50. The SMILES string of the molecule is NC(=O)c1ccc(COC2CCCC/C=C/C2OC(=O)O)cc1. The Balaban J connectivity index is 1.99. The van der Waals surface area contributed by atoms with Gasteiger partial charge in [0, 0.05) is 5.56 Å². The molecule has 1 aliphatic carbocycles. The van der Waals surface area contributed by atoms with Gasteiger partial charge in [-0.1, -0.05) is 24.6 Å². The summed E-state index contributed by atoms with van der Waals surface area (Å²) >= 11 is 0. The number of amides is 1. The van der Waals surface area contributed by atoms with E-state index in [1.54, 1.807) is 30.3 Å². The number of nitrogens with two attached hydrogens (primary N) is 1. The number of primary amides is 1. The van der Waals surface area contributed by atoms with Crippen molar-refractivity contribution in [3.8, 4) is 0 Å². The Morgan fingerprint density at radius 1 is 1.22 bits per heavy atom. The highest BCUT2D eigenvalue weighted by Gasteiger charge is 2.24. The number of hydrogen-bond acceptors (Lipinski definition) is 4. The lowest BCUT2D eigenvalue weighted by Gasteiger charge is -2.25. The molecule has 0 bridgehead atoms. The zero-order valence-electron chi connectivity index (χ0n) is 12.8. The van der Waals surface area contributed by atoms with E-state index in [-0.39, 0.29) is 6.10 Å². The van der Waals surface area contributed by atoms with Crippen LogP contribution >= 0.6 is 0 Å². The van der Waals surface area contributed by atoms with Crippen molar-refractivity contribution < 1.29 is 24.2 Å². The average molecular weight is 319 g/mol. The Kier molecular flexibility index (Phi) is 6.17. The highest BCUT2D eigenvalue weighted by molar-refractivity contribution is 5.92. The number of carbonyl (C=O) groups is 2. The highest BCUT2D eigenvalue weighted by atomic mass is 16.7. The molecule has 0 saturated heterocycles. The van der Waals surface area contributed by atoms with Crippen LogP contribution in [0.15, 0.2) is 36.4 Å². The van der Waals surface area contributed by atoms with Crippen LogP contribution in [0.1, 0.15) is 41.6 Å². The maximum atomic E-state index is 11.0. The Morgan fingerprint density at radius 3 is 2.61 bits per heavy atom. The quantitative estimate of drug-likeness (QED) is 0.642. The lowest BCUT2D eigenvalue weighted by atomic mass is 10.0. The molecule has 0 aliphatic heterocycles. The fraction of sp³-hybridized carbons (Fsp3) is 0.412. The Labute approximate surface area is 134 Å². The second-order valence-corrected chi connectivity index (χ2v) is 5.47. The molecule has 2 atom stereocenters. The molecule has 0 spiro atoms. The molecule has 124 valence electrons. The topological polar surface area (TPSA) is 98.9 Å². The second kappa shape index (κ2) is 8.33. The van der Waals surface area contributed by atoms with Crippen LogP contribution in [0.5, 0.6) is 0 Å². The van der Waals surface area contributed by atoms with Crippen LogP contribution in [0.25, 0.3) is 0 Å². The standard InChI is InChI=1S/C17H21NO5/c18-16(19)13-9-7-12(8-10-13)11-22-14-5-3-1-2-4-6-15(14)23-17(20)21/h4,6-10,14-15H,1-3,5,11H2,(H2,18,19)(H,20,21)/b6-4+. The van der Waals surface area contributed by atoms with Gasteiger partial charge in [-0.2, -0.15) is 0 Å². The summed E-state index contributed by atoms with van der Waals surface area (Å²) in [7, 11) is 0. The normalized spacial score (nSPS) is 22.6. The smallest absolute Gasteiger partial charge is 0.450 e. The third-order valence-corrected chi connectivity index (χ3v) is 3.74. The minimum Gasteiger partial charge on any atom is -0.450 e. The number of hydrogen-bond donors (Lipinski definition) is 2. The molecular formula is C17H21NO5. The third-order valence-electron chi connectivity index (χ3n) is 3.74. The van der Waals surface area contributed by atoms with Gasteiger partial charge in [-0.15, -0.1) is 0 Å². The van der Waals surface area contributed by atoms with Crippen LogP contribution < -0.4 is 5.73 Å². The van der Waals surface area contributed by atoms with Gasteiger partial charge < -0.3 is 20.3 Å². The Morgan fingerprint density at radius 2 is 1.96 bits per heavy atom. The van der Waals surface area contributed by atoms with E-state index in [4.69, 9.17) is 20.3 Å². The largest absolute Gasteiger partial charge is 0.506 e. The number of rotatable bonds is 5. The molecule has 0 aromatic heterocycles. The van der Waals surface area contributed by atoms with Crippen LogP contribution in [-0.4, -0.2) is 29.4 Å². The van der Waals surface area contributed by atoms with E-state index in [2.05, 4.69) is 0 Å². The summed E-state index contributed by atoms with van der Waals surface area (Å²) in [6.45, 7) is 0.316. The van der Waals surface area contributed by atoms with Gasteiger partial charge in [-0.25, -0.2) is 4.79 Å². The monoisotopic (exact) mass is 319 g/mol. The van der Waals surface area contributed by atoms with Gasteiger partial charge in [0.2, 0.25) is 5.91 Å². The van der Waals surface area contributed by atoms with Gasteiger partial charge in [0.15, 0.2) is 0 Å². The van der Waals surface area contributed by atoms with E-state index in [0.29, 0.717) is 12.2 Å². The second-order valence-electron chi connectivity index (χ2n) is 5.47. The first-order valence-corrected chi connectivity index (χ1v) is 7.63. The molecule has 23 heavy (non-hydrogen) atoms. The molecule has 0 saturated carbocycles. The van der Waals surface area contributed by atoms with Crippen molar-refractivity contribution in [3.63, 3.8) is 0 Å². The van der Waals surface area contributed by atoms with Crippen LogP contribution in [0.3, 0.4) is 0 Å². The van der Waals surface area contributed by atoms with Crippen molar-refractivity contribution in [2.75, 3.05) is 0 Å². The Bertz CT molecular complexity index is 567. The van der Waals surface area contributed by atoms with E-state index in [1.165, 1.54) is 0 Å². The lowest BCUT2D eigenvalue weighted by Crippen LogP contribution is -2.32. The molecule has 1 aliphatic rings. The van der Waals surface area contributed by atoms with E-state index in [9.17, 15) is 9.59 Å². The number of benzene rings is 1. The highest BCUT2D eigenvalue weighted by Crippen LogP contribution is 2.20. The maximum Gasteiger partial charge on any atom is 0.506 e. The van der Waals surface area contributed by atoms with Crippen molar-refractivity contribution in [3.05, 3.63) is 47.5 Å². The summed E-state index contributed by atoms with van der Waals surface area (Å²) < 4.78 is 10.8. The van der Waals surface area contributed by atoms with E-state index < -0.39 is 18.2 Å². The third kappa shape index (κ3) is 5.41. The molecule has 0 fully saturated rings. The van der Waals surface area contributed by atoms with Crippen molar-refractivity contribution in [2.45, 2.75) is 44.5 Å². The molecule has 1 aromatic carbocycles. The molecule has 3 N–H and O–H groups in total. The lowest BCUT2D eigenvalue weighted by molar-refractivity contribution is -0.0496. The van der Waals surface area contributed by atoms with Crippen molar-refractivity contribution in [1.82, 2.24) is 0 Å². The predicted octanol–water partition coefficient (Wildman–Crippen LogP) is 2.86. The van der Waals surface area contributed by atoms with Gasteiger partial charge in [-0.3, -0.25) is 4.79 Å². The van der Waals surface area contributed by atoms with Gasteiger partial charge in [-0.05, 0) is 43.0 Å². The molecular weight excluding hydrogens is 298 g/mol. The summed E-state index contributed by atoms with van der Waals surface area (Å²) in [5.41, 5.74) is 6.53. The molecule has 1 amide bonds. The molecule has 0 heterocycles. The summed E-state index contributed by atoms with van der Waals surface area (Å²) in [6.07, 6.45) is 5.12. The van der Waals surface area contributed by atoms with Crippen LogP contribution in [0.2, 0.25) is 0 Å². The number of ether oxygens (including phenoxy) is 2. The maximum absolute atomic E-state index is 11.0. The van der Waals surface area contributed by atoms with E-state index >= 15 is 0 Å². The van der Waals surface area contributed by atoms with E-state index in [0.717, 1.165) is 31.2 Å². The van der Waals surface area contributed by atoms with Crippen LogP contribution in [0.4, 0.5) is 4.79 Å².